The van der Waals surface area contributed by atoms with E-state index in [2.05, 4.69) is 27.4 Å². The molecule has 186 valence electrons. The maximum atomic E-state index is 13.7. The summed E-state index contributed by atoms with van der Waals surface area (Å²) >= 11 is 0. The molecule has 1 aliphatic heterocycles. The zero-order valence-electron chi connectivity index (χ0n) is 19.7. The first-order chi connectivity index (χ1) is 16.8. The topological polar surface area (TPSA) is 65.5 Å². The van der Waals surface area contributed by atoms with Crippen molar-refractivity contribution in [3.05, 3.63) is 71.4 Å². The Balaban J connectivity index is 1.61. The number of nitrogens with zero attached hydrogens (tertiary/aromatic N) is 2. The van der Waals surface area contributed by atoms with E-state index in [9.17, 15) is 13.2 Å². The number of nitrogens with one attached hydrogen (secondary N) is 1. The van der Waals surface area contributed by atoms with E-state index in [1.165, 1.54) is 26.0 Å². The second kappa shape index (κ2) is 10.6. The van der Waals surface area contributed by atoms with E-state index >= 15 is 0 Å². The number of halogens is 3. The Labute approximate surface area is 202 Å². The minimum Gasteiger partial charge on any atom is -0.480 e. The molecule has 3 aromatic rings. The van der Waals surface area contributed by atoms with Crippen molar-refractivity contribution >= 4 is 0 Å². The molecule has 0 saturated carbocycles. The average molecular weight is 488 g/mol. The molecule has 2 aromatic carbocycles. The molecular weight excluding hydrogens is 459 g/mol. The minimum absolute atomic E-state index is 0.0399. The lowest BCUT2D eigenvalue weighted by atomic mass is 9.74. The van der Waals surface area contributed by atoms with Gasteiger partial charge in [0.1, 0.15) is 0 Å². The van der Waals surface area contributed by atoms with Crippen LogP contribution in [0.2, 0.25) is 0 Å². The number of hydrogen-bond donors (Lipinski definition) is 1. The van der Waals surface area contributed by atoms with Crippen LogP contribution < -0.4 is 14.8 Å². The average Bonchev–Trinajstić information content (AvgIpc) is 2.88. The lowest BCUT2D eigenvalue weighted by Gasteiger charge is -2.38. The van der Waals surface area contributed by atoms with Crippen LogP contribution in [-0.4, -0.2) is 43.9 Å². The smallest absolute Gasteiger partial charge is 0.416 e. The first kappa shape index (κ1) is 24.9. The molecule has 1 fully saturated rings. The molecule has 0 unspecified atom stereocenters. The van der Waals surface area contributed by atoms with Gasteiger partial charge in [0.25, 0.3) is 0 Å². The molecule has 0 spiro atoms. The standard InChI is InChI=1S/C26H28F3N3O3/c1-33-23-22(15-31-24(32-23)34-2)19-12-18(13-21(14-19)26(27,28)29)16-35-17-25(8-10-30-11-9-25)20-6-4-3-5-7-20/h3-7,12-15,30H,8-11,16-17H2,1-2H3. The molecule has 0 bridgehead atoms. The number of piperidine rings is 1. The fourth-order valence-corrected chi connectivity index (χ4v) is 4.48. The van der Waals surface area contributed by atoms with E-state index in [0.717, 1.165) is 38.1 Å². The summed E-state index contributed by atoms with van der Waals surface area (Å²) in [5, 5.41) is 3.37. The zero-order valence-corrected chi connectivity index (χ0v) is 19.7. The van der Waals surface area contributed by atoms with E-state index in [1.807, 2.05) is 18.2 Å². The van der Waals surface area contributed by atoms with E-state index in [-0.39, 0.29) is 29.5 Å². The first-order valence-electron chi connectivity index (χ1n) is 11.4. The quantitative estimate of drug-likeness (QED) is 0.482. The lowest BCUT2D eigenvalue weighted by molar-refractivity contribution is -0.137. The normalized spacial score (nSPS) is 15.6. The number of methoxy groups -OCH3 is 2. The molecule has 4 rings (SSSR count). The molecule has 2 heterocycles. The summed E-state index contributed by atoms with van der Waals surface area (Å²) in [6, 6.07) is 14.1. The van der Waals surface area contributed by atoms with E-state index in [1.54, 1.807) is 6.07 Å². The Hall–Kier alpha value is -3.17. The predicted molar refractivity (Wildman–Crippen MR) is 125 cm³/mol. The van der Waals surface area contributed by atoms with Gasteiger partial charge in [0.15, 0.2) is 0 Å². The van der Waals surface area contributed by atoms with Crippen LogP contribution in [0.4, 0.5) is 13.2 Å². The molecule has 1 aliphatic rings. The van der Waals surface area contributed by atoms with Crippen molar-refractivity contribution in [3.63, 3.8) is 0 Å². The summed E-state index contributed by atoms with van der Waals surface area (Å²) in [6.45, 7) is 2.18. The Morgan fingerprint density at radius 1 is 1.00 bits per heavy atom. The van der Waals surface area contributed by atoms with E-state index in [4.69, 9.17) is 14.2 Å². The second-order valence-electron chi connectivity index (χ2n) is 8.59. The van der Waals surface area contributed by atoms with Gasteiger partial charge in [-0.05, 0) is 60.8 Å². The highest BCUT2D eigenvalue weighted by Gasteiger charge is 2.35. The number of aromatic nitrogens is 2. The molecule has 1 aromatic heterocycles. The van der Waals surface area contributed by atoms with Crippen LogP contribution in [0.3, 0.4) is 0 Å². The van der Waals surface area contributed by atoms with Crippen molar-refractivity contribution in [1.29, 1.82) is 0 Å². The van der Waals surface area contributed by atoms with Gasteiger partial charge in [-0.2, -0.15) is 18.2 Å². The van der Waals surface area contributed by atoms with Crippen LogP contribution in [-0.2, 0) is 22.9 Å². The highest BCUT2D eigenvalue weighted by atomic mass is 19.4. The summed E-state index contributed by atoms with van der Waals surface area (Å²) in [4.78, 5) is 8.14. The maximum Gasteiger partial charge on any atom is 0.416 e. The SMILES string of the molecule is COc1ncc(-c2cc(COCC3(c4ccccc4)CCNCC3)cc(C(F)(F)F)c2)c(OC)n1. The van der Waals surface area contributed by atoms with Crippen LogP contribution >= 0.6 is 0 Å². The highest BCUT2D eigenvalue weighted by molar-refractivity contribution is 5.69. The predicted octanol–water partition coefficient (Wildman–Crippen LogP) is 5.02. The maximum absolute atomic E-state index is 13.7. The fraction of sp³-hybridized carbons (Fsp3) is 0.385. The number of benzene rings is 2. The number of rotatable bonds is 8. The van der Waals surface area contributed by atoms with Gasteiger partial charge in [-0.15, -0.1) is 0 Å². The van der Waals surface area contributed by atoms with Gasteiger partial charge < -0.3 is 19.5 Å². The van der Waals surface area contributed by atoms with Crippen molar-refractivity contribution in [3.8, 4) is 23.0 Å². The van der Waals surface area contributed by atoms with Gasteiger partial charge in [0.2, 0.25) is 5.88 Å². The van der Waals surface area contributed by atoms with Crippen molar-refractivity contribution in [2.75, 3.05) is 33.9 Å². The number of alkyl halides is 3. The van der Waals surface area contributed by atoms with E-state index < -0.39 is 11.7 Å². The monoisotopic (exact) mass is 487 g/mol. The van der Waals surface area contributed by atoms with Gasteiger partial charge in [-0.1, -0.05) is 30.3 Å². The summed E-state index contributed by atoms with van der Waals surface area (Å²) in [5.74, 6) is 0.126. The molecule has 0 aliphatic carbocycles. The Kier molecular flexibility index (Phi) is 7.57. The molecule has 6 nitrogen and oxygen atoms in total. The molecule has 0 radical (unpaired) electrons. The van der Waals surface area contributed by atoms with Crippen molar-refractivity contribution in [2.45, 2.75) is 31.0 Å². The summed E-state index contributed by atoms with van der Waals surface area (Å²) in [7, 11) is 2.80. The van der Waals surface area contributed by atoms with Crippen molar-refractivity contribution in [1.82, 2.24) is 15.3 Å². The Morgan fingerprint density at radius 2 is 1.74 bits per heavy atom. The third-order valence-electron chi connectivity index (χ3n) is 6.33. The van der Waals surface area contributed by atoms with Gasteiger partial charge >= 0.3 is 12.2 Å². The molecule has 1 N–H and O–H groups in total. The summed E-state index contributed by atoms with van der Waals surface area (Å²) < 4.78 is 57.6. The zero-order chi connectivity index (χ0) is 24.9. The molecule has 1 saturated heterocycles. The van der Waals surface area contributed by atoms with Crippen LogP contribution in [0.25, 0.3) is 11.1 Å². The molecule has 0 atom stereocenters. The fourth-order valence-electron chi connectivity index (χ4n) is 4.48. The highest BCUT2D eigenvalue weighted by Crippen LogP contribution is 2.37. The van der Waals surface area contributed by atoms with Crippen LogP contribution in [0, 0.1) is 0 Å². The summed E-state index contributed by atoms with van der Waals surface area (Å²) in [6.07, 6.45) is -1.34. The number of hydrogen-bond acceptors (Lipinski definition) is 6. The largest absolute Gasteiger partial charge is 0.480 e. The van der Waals surface area contributed by atoms with Gasteiger partial charge in [-0.3, -0.25) is 0 Å². The Bertz CT molecular complexity index is 1130. The van der Waals surface area contributed by atoms with E-state index in [0.29, 0.717) is 17.7 Å². The lowest BCUT2D eigenvalue weighted by Crippen LogP contribution is -2.43. The van der Waals surface area contributed by atoms with Crippen LogP contribution in [0.5, 0.6) is 11.9 Å². The molecule has 9 heteroatoms. The second-order valence-corrected chi connectivity index (χ2v) is 8.59. The van der Waals surface area contributed by atoms with Crippen LogP contribution in [0.15, 0.2) is 54.7 Å². The van der Waals surface area contributed by atoms with Crippen molar-refractivity contribution in [2.24, 2.45) is 0 Å². The molecule has 0 amide bonds. The van der Waals surface area contributed by atoms with Gasteiger partial charge in [0.05, 0.1) is 38.6 Å². The third-order valence-corrected chi connectivity index (χ3v) is 6.33. The molecule has 35 heavy (non-hydrogen) atoms. The summed E-state index contributed by atoms with van der Waals surface area (Å²) in [5.41, 5.74) is 1.27. The Morgan fingerprint density at radius 3 is 2.40 bits per heavy atom. The third kappa shape index (κ3) is 5.74. The number of ether oxygens (including phenoxy) is 3. The minimum atomic E-state index is -4.52. The van der Waals surface area contributed by atoms with Crippen molar-refractivity contribution < 1.29 is 27.4 Å². The first-order valence-corrected chi connectivity index (χ1v) is 11.4. The van der Waals surface area contributed by atoms with Crippen LogP contribution in [0.1, 0.15) is 29.5 Å². The van der Waals surface area contributed by atoms with Gasteiger partial charge in [-0.25, -0.2) is 4.98 Å². The molecular formula is C26H28F3N3O3. The van der Waals surface area contributed by atoms with Gasteiger partial charge in [0, 0.05) is 11.6 Å².